The van der Waals surface area contributed by atoms with E-state index in [0.29, 0.717) is 11.3 Å². The van der Waals surface area contributed by atoms with Gasteiger partial charge in [0.25, 0.3) is 0 Å². The largest absolute Gasteiger partial charge is 0.456 e. The summed E-state index contributed by atoms with van der Waals surface area (Å²) in [5, 5.41) is 18.0. The van der Waals surface area contributed by atoms with Gasteiger partial charge in [0.2, 0.25) is 0 Å². The molecule has 0 unspecified atom stereocenters. The Morgan fingerprint density at radius 1 is 0.500 bits per heavy atom. The van der Waals surface area contributed by atoms with Crippen LogP contribution in [-0.2, 0) is 0 Å². The molecule has 11 rings (SSSR count). The fraction of sp³-hybridized carbons (Fsp3) is 0. The third-order valence-electron chi connectivity index (χ3n) is 10.1. The van der Waals surface area contributed by atoms with E-state index in [1.54, 1.807) is 0 Å². The second-order valence-electron chi connectivity index (χ2n) is 12.7. The van der Waals surface area contributed by atoms with Gasteiger partial charge in [-0.15, -0.1) is 0 Å². The number of aromatic nitrogens is 2. The van der Waals surface area contributed by atoms with Gasteiger partial charge in [-0.2, -0.15) is 5.26 Å². The van der Waals surface area contributed by atoms with Crippen LogP contribution in [-0.4, -0.2) is 9.13 Å². The second kappa shape index (κ2) is 9.64. The maximum atomic E-state index is 9.62. The maximum Gasteiger partial charge on any atom is 0.188 e. The van der Waals surface area contributed by atoms with Crippen molar-refractivity contribution < 1.29 is 8.83 Å². The molecule has 6 heteroatoms. The van der Waals surface area contributed by atoms with Crippen molar-refractivity contribution in [2.24, 2.45) is 0 Å². The highest BCUT2D eigenvalue weighted by atomic mass is 16.3. The molecule has 0 aliphatic heterocycles. The lowest BCUT2D eigenvalue weighted by molar-refractivity contribution is 0.668. The minimum Gasteiger partial charge on any atom is -0.456 e. The number of fused-ring (bicyclic) bond motifs is 13. The van der Waals surface area contributed by atoms with Crippen molar-refractivity contribution in [3.63, 3.8) is 0 Å². The molecule has 230 valence electrons. The second-order valence-corrected chi connectivity index (χ2v) is 12.7. The number of nitriles is 1. The molecule has 4 heterocycles. The fourth-order valence-electron chi connectivity index (χ4n) is 7.99. The molecule has 0 atom stereocenters. The molecule has 0 aliphatic rings. The summed E-state index contributed by atoms with van der Waals surface area (Å²) in [6.45, 7) is 7.72. The summed E-state index contributed by atoms with van der Waals surface area (Å²) >= 11 is 0. The Hall–Kier alpha value is -7.28. The summed E-state index contributed by atoms with van der Waals surface area (Å²) in [7, 11) is 0. The Morgan fingerprint density at radius 3 is 1.92 bits per heavy atom. The van der Waals surface area contributed by atoms with Crippen molar-refractivity contribution in [1.82, 2.24) is 9.13 Å². The van der Waals surface area contributed by atoms with Crippen LogP contribution in [0.15, 0.2) is 142 Å². The molecule has 0 aliphatic carbocycles. The standard InChI is InChI=1S/C44H22N4O2/c1-46-26-11-16-38-33(21-26)30-14-19-42-43(31-7-3-5-9-39(31)50-42)44(30)48(38)28-13-18-41-35(23-28)34-22-27(12-17-40(34)49-41)47-36-8-4-2-6-29(36)32-20-25(24-45)10-15-37(32)47/h2-23H. The Labute approximate surface area is 283 Å². The third kappa shape index (κ3) is 3.49. The van der Waals surface area contributed by atoms with Gasteiger partial charge in [0.05, 0.1) is 45.7 Å². The Morgan fingerprint density at radius 2 is 1.12 bits per heavy atom. The molecule has 0 bridgehead atoms. The quantitative estimate of drug-likeness (QED) is 0.177. The van der Waals surface area contributed by atoms with Gasteiger partial charge < -0.3 is 18.0 Å². The lowest BCUT2D eigenvalue weighted by atomic mass is 10.1. The summed E-state index contributed by atoms with van der Waals surface area (Å²) in [6, 6.07) is 47.4. The van der Waals surface area contributed by atoms with Crippen molar-refractivity contribution in [3.8, 4) is 17.4 Å². The fourth-order valence-corrected chi connectivity index (χ4v) is 7.99. The molecule has 4 aromatic heterocycles. The van der Waals surface area contributed by atoms with E-state index in [2.05, 4.69) is 68.6 Å². The molecule has 11 aromatic rings. The van der Waals surface area contributed by atoms with Crippen LogP contribution in [0.5, 0.6) is 0 Å². The predicted octanol–water partition coefficient (Wildman–Crippen LogP) is 12.1. The van der Waals surface area contributed by atoms with E-state index in [1.807, 2.05) is 84.9 Å². The first kappa shape index (κ1) is 26.8. The van der Waals surface area contributed by atoms with Crippen LogP contribution >= 0.6 is 0 Å². The molecule has 0 N–H and O–H groups in total. The van der Waals surface area contributed by atoms with Crippen LogP contribution in [0.4, 0.5) is 5.69 Å². The Kier molecular flexibility index (Phi) is 5.16. The number of benzene rings is 7. The first-order valence-corrected chi connectivity index (χ1v) is 16.3. The summed E-state index contributed by atoms with van der Waals surface area (Å²) < 4.78 is 17.3. The van der Waals surface area contributed by atoms with Crippen LogP contribution in [0, 0.1) is 17.9 Å². The average Bonchev–Trinajstić information content (AvgIpc) is 3.91. The normalized spacial score (nSPS) is 12.0. The molecule has 6 nitrogen and oxygen atoms in total. The molecule has 0 radical (unpaired) electrons. The summed E-state index contributed by atoms with van der Waals surface area (Å²) in [4.78, 5) is 3.75. The summed E-state index contributed by atoms with van der Waals surface area (Å²) in [5.74, 6) is 0. The smallest absolute Gasteiger partial charge is 0.188 e. The van der Waals surface area contributed by atoms with Crippen molar-refractivity contribution in [2.75, 3.05) is 0 Å². The highest BCUT2D eigenvalue weighted by molar-refractivity contribution is 6.25. The highest BCUT2D eigenvalue weighted by Crippen LogP contribution is 2.43. The van der Waals surface area contributed by atoms with Gasteiger partial charge in [0, 0.05) is 43.7 Å². The summed E-state index contributed by atoms with van der Waals surface area (Å²) in [6.07, 6.45) is 0. The number of para-hydroxylation sites is 2. The van der Waals surface area contributed by atoms with Crippen molar-refractivity contribution in [2.45, 2.75) is 0 Å². The molecule has 0 amide bonds. The van der Waals surface area contributed by atoms with Gasteiger partial charge in [-0.3, -0.25) is 0 Å². The minimum absolute atomic E-state index is 0.603. The molecule has 7 aromatic carbocycles. The van der Waals surface area contributed by atoms with Crippen molar-refractivity contribution >= 4 is 93.2 Å². The van der Waals surface area contributed by atoms with E-state index in [1.165, 1.54) is 0 Å². The highest BCUT2D eigenvalue weighted by Gasteiger charge is 2.21. The number of hydrogen-bond donors (Lipinski definition) is 0. The Bertz CT molecular complexity index is 3360. The molecule has 0 fully saturated rings. The van der Waals surface area contributed by atoms with Gasteiger partial charge in [-0.1, -0.05) is 42.5 Å². The Balaban J connectivity index is 1.21. The van der Waals surface area contributed by atoms with Crippen molar-refractivity contribution in [3.05, 3.63) is 150 Å². The van der Waals surface area contributed by atoms with Crippen LogP contribution in [0.1, 0.15) is 5.56 Å². The van der Waals surface area contributed by atoms with E-state index in [9.17, 15) is 5.26 Å². The number of hydrogen-bond acceptors (Lipinski definition) is 3. The molecular formula is C44H22N4O2. The van der Waals surface area contributed by atoms with E-state index in [4.69, 9.17) is 15.4 Å². The first-order valence-electron chi connectivity index (χ1n) is 16.3. The van der Waals surface area contributed by atoms with Crippen molar-refractivity contribution in [1.29, 1.82) is 5.26 Å². The van der Waals surface area contributed by atoms with E-state index >= 15 is 0 Å². The van der Waals surface area contributed by atoms with Crippen LogP contribution < -0.4 is 0 Å². The topological polar surface area (TPSA) is 64.3 Å². The van der Waals surface area contributed by atoms with E-state index in [0.717, 1.165) is 98.9 Å². The van der Waals surface area contributed by atoms with Crippen LogP contribution in [0.3, 0.4) is 0 Å². The zero-order chi connectivity index (χ0) is 33.1. The van der Waals surface area contributed by atoms with E-state index < -0.39 is 0 Å². The zero-order valence-corrected chi connectivity index (χ0v) is 26.3. The minimum atomic E-state index is 0.603. The first-order chi connectivity index (χ1) is 24.7. The van der Waals surface area contributed by atoms with E-state index in [-0.39, 0.29) is 0 Å². The SMILES string of the molecule is [C-]#[N+]c1ccc2c(c1)c1ccc3oc4ccccc4c3c1n2-c1ccc2oc3ccc(-n4c5ccccc5c5cc(C#N)ccc54)cc3c2c1. The van der Waals surface area contributed by atoms with Crippen LogP contribution in [0.25, 0.3) is 104 Å². The van der Waals surface area contributed by atoms with Crippen LogP contribution in [0.2, 0.25) is 0 Å². The lowest BCUT2D eigenvalue weighted by Crippen LogP contribution is -1.94. The number of furan rings is 2. The zero-order valence-electron chi connectivity index (χ0n) is 26.3. The predicted molar refractivity (Wildman–Crippen MR) is 201 cm³/mol. The van der Waals surface area contributed by atoms with Gasteiger partial charge in [-0.25, -0.2) is 4.85 Å². The van der Waals surface area contributed by atoms with Gasteiger partial charge >= 0.3 is 0 Å². The maximum absolute atomic E-state index is 9.62. The van der Waals surface area contributed by atoms with Gasteiger partial charge in [0.1, 0.15) is 22.3 Å². The molecule has 0 spiro atoms. The molecular weight excluding hydrogens is 617 g/mol. The third-order valence-corrected chi connectivity index (χ3v) is 10.1. The van der Waals surface area contributed by atoms with Gasteiger partial charge in [0.15, 0.2) is 5.69 Å². The summed E-state index contributed by atoms with van der Waals surface area (Å²) in [5.41, 5.74) is 10.7. The number of rotatable bonds is 2. The monoisotopic (exact) mass is 638 g/mol. The molecule has 0 saturated heterocycles. The molecule has 50 heavy (non-hydrogen) atoms. The molecule has 0 saturated carbocycles. The van der Waals surface area contributed by atoms with Gasteiger partial charge in [-0.05, 0) is 96.4 Å². The average molecular weight is 639 g/mol. The number of nitrogens with zero attached hydrogens (tertiary/aromatic N) is 4. The lowest BCUT2D eigenvalue weighted by Gasteiger charge is -2.10.